The van der Waals surface area contributed by atoms with Crippen molar-refractivity contribution in [2.24, 2.45) is 7.05 Å². The summed E-state index contributed by atoms with van der Waals surface area (Å²) >= 11 is 0. The minimum Gasteiger partial charge on any atom is -0.346 e. The Balaban J connectivity index is 3.16. The van der Waals surface area contributed by atoms with Gasteiger partial charge in [-0.1, -0.05) is 0 Å². The SMILES string of the molecule is Cn1cc(C=O)cc1C(F)(F)F. The van der Waals surface area contributed by atoms with E-state index < -0.39 is 11.9 Å². The second-order valence-electron chi connectivity index (χ2n) is 2.39. The number of alkyl halides is 3. The molecule has 12 heavy (non-hydrogen) atoms. The van der Waals surface area contributed by atoms with Crippen LogP contribution in [0.4, 0.5) is 13.2 Å². The third kappa shape index (κ3) is 1.49. The molecule has 0 saturated carbocycles. The van der Waals surface area contributed by atoms with Crippen LogP contribution in [-0.2, 0) is 13.2 Å². The van der Waals surface area contributed by atoms with E-state index in [1.807, 2.05) is 0 Å². The average Bonchev–Trinajstić information content (AvgIpc) is 2.29. The molecule has 1 aromatic rings. The molecule has 0 atom stereocenters. The summed E-state index contributed by atoms with van der Waals surface area (Å²) in [6.07, 6.45) is -2.87. The summed E-state index contributed by atoms with van der Waals surface area (Å²) in [6, 6.07) is 0.812. The first-order valence-electron chi connectivity index (χ1n) is 3.14. The second-order valence-corrected chi connectivity index (χ2v) is 2.39. The summed E-state index contributed by atoms with van der Waals surface area (Å²) in [5, 5.41) is 0. The molecule has 0 spiro atoms. The monoisotopic (exact) mass is 177 g/mol. The van der Waals surface area contributed by atoms with Crippen LogP contribution < -0.4 is 0 Å². The molecule has 0 fully saturated rings. The number of carbonyl (C=O) groups excluding carboxylic acids is 1. The Bertz CT molecular complexity index is 300. The summed E-state index contributed by atoms with van der Waals surface area (Å²) in [7, 11) is 1.25. The number of halogens is 3. The predicted octanol–water partition coefficient (Wildman–Crippen LogP) is 1.86. The van der Waals surface area contributed by atoms with Gasteiger partial charge in [0.2, 0.25) is 0 Å². The lowest BCUT2D eigenvalue weighted by Gasteiger charge is -2.05. The van der Waals surface area contributed by atoms with E-state index in [4.69, 9.17) is 0 Å². The van der Waals surface area contributed by atoms with Gasteiger partial charge in [-0.05, 0) is 6.07 Å². The van der Waals surface area contributed by atoms with E-state index in [1.54, 1.807) is 0 Å². The molecule has 1 rings (SSSR count). The molecule has 1 aromatic heterocycles. The molecule has 1 heterocycles. The smallest absolute Gasteiger partial charge is 0.346 e. The van der Waals surface area contributed by atoms with Gasteiger partial charge in [0.05, 0.1) is 0 Å². The Kier molecular flexibility index (Phi) is 1.95. The Morgan fingerprint density at radius 1 is 1.50 bits per heavy atom. The fourth-order valence-electron chi connectivity index (χ4n) is 0.936. The topological polar surface area (TPSA) is 22.0 Å². The van der Waals surface area contributed by atoms with Crippen LogP contribution >= 0.6 is 0 Å². The van der Waals surface area contributed by atoms with Gasteiger partial charge < -0.3 is 4.57 Å². The average molecular weight is 177 g/mol. The number of hydrogen-bond donors (Lipinski definition) is 0. The summed E-state index contributed by atoms with van der Waals surface area (Å²) in [5.74, 6) is 0. The number of carbonyl (C=O) groups is 1. The van der Waals surface area contributed by atoms with Gasteiger partial charge >= 0.3 is 6.18 Å². The Hall–Kier alpha value is -1.26. The van der Waals surface area contributed by atoms with E-state index in [0.717, 1.165) is 16.8 Å². The van der Waals surface area contributed by atoms with Crippen LogP contribution in [0, 0.1) is 0 Å². The van der Waals surface area contributed by atoms with Crippen molar-refractivity contribution in [3.8, 4) is 0 Å². The highest BCUT2D eigenvalue weighted by Crippen LogP contribution is 2.29. The van der Waals surface area contributed by atoms with Crippen LogP contribution in [0.3, 0.4) is 0 Å². The summed E-state index contributed by atoms with van der Waals surface area (Å²) in [6.45, 7) is 0. The van der Waals surface area contributed by atoms with E-state index in [0.29, 0.717) is 6.29 Å². The maximum atomic E-state index is 12.1. The maximum absolute atomic E-state index is 12.1. The van der Waals surface area contributed by atoms with Gasteiger partial charge in [-0.2, -0.15) is 13.2 Å². The third-order valence-corrected chi connectivity index (χ3v) is 1.45. The minimum atomic E-state index is -4.39. The van der Waals surface area contributed by atoms with E-state index >= 15 is 0 Å². The van der Waals surface area contributed by atoms with Gasteiger partial charge in [0.15, 0.2) is 6.29 Å². The van der Waals surface area contributed by atoms with Crippen LogP contribution in [-0.4, -0.2) is 10.9 Å². The Morgan fingerprint density at radius 3 is 2.33 bits per heavy atom. The molecule has 0 aliphatic rings. The quantitative estimate of drug-likeness (QED) is 0.600. The van der Waals surface area contributed by atoms with Crippen LogP contribution in [0.15, 0.2) is 12.3 Å². The van der Waals surface area contributed by atoms with E-state index in [9.17, 15) is 18.0 Å². The van der Waals surface area contributed by atoms with Crippen molar-refractivity contribution in [2.45, 2.75) is 6.18 Å². The molecular weight excluding hydrogens is 171 g/mol. The lowest BCUT2D eigenvalue weighted by atomic mass is 10.3. The maximum Gasteiger partial charge on any atom is 0.431 e. The molecule has 0 aromatic carbocycles. The highest BCUT2D eigenvalue weighted by Gasteiger charge is 2.33. The third-order valence-electron chi connectivity index (χ3n) is 1.45. The van der Waals surface area contributed by atoms with Gasteiger partial charge in [0.25, 0.3) is 0 Å². The van der Waals surface area contributed by atoms with Crippen molar-refractivity contribution in [1.29, 1.82) is 0 Å². The first kappa shape index (κ1) is 8.83. The molecule has 66 valence electrons. The number of nitrogens with zero attached hydrogens (tertiary/aromatic N) is 1. The molecule has 2 nitrogen and oxygen atoms in total. The molecule has 0 aliphatic carbocycles. The molecule has 0 bridgehead atoms. The zero-order valence-corrected chi connectivity index (χ0v) is 6.22. The minimum absolute atomic E-state index is 0.0322. The standard InChI is InChI=1S/C7H6F3NO/c1-11-3-5(4-12)2-6(11)7(8,9)10/h2-4H,1H3. The molecule has 5 heteroatoms. The van der Waals surface area contributed by atoms with E-state index in [2.05, 4.69) is 0 Å². The fraction of sp³-hybridized carbons (Fsp3) is 0.286. The summed E-state index contributed by atoms with van der Waals surface area (Å²) < 4.78 is 37.1. The molecule has 0 saturated heterocycles. The van der Waals surface area contributed by atoms with Crippen molar-refractivity contribution < 1.29 is 18.0 Å². The van der Waals surface area contributed by atoms with Crippen molar-refractivity contribution >= 4 is 6.29 Å². The molecular formula is C7H6F3NO. The van der Waals surface area contributed by atoms with Gasteiger partial charge in [-0.3, -0.25) is 4.79 Å². The van der Waals surface area contributed by atoms with Crippen LogP contribution in [0.1, 0.15) is 16.1 Å². The molecule has 0 N–H and O–H groups in total. The second kappa shape index (κ2) is 2.66. The lowest BCUT2D eigenvalue weighted by molar-refractivity contribution is -0.143. The zero-order valence-electron chi connectivity index (χ0n) is 6.22. The summed E-state index contributed by atoms with van der Waals surface area (Å²) in [5.41, 5.74) is -0.783. The predicted molar refractivity (Wildman–Crippen MR) is 35.8 cm³/mol. The number of hydrogen-bond acceptors (Lipinski definition) is 1. The van der Waals surface area contributed by atoms with Crippen molar-refractivity contribution in [3.05, 3.63) is 23.5 Å². The Morgan fingerprint density at radius 2 is 2.08 bits per heavy atom. The first-order valence-corrected chi connectivity index (χ1v) is 3.14. The van der Waals surface area contributed by atoms with Crippen LogP contribution in [0.5, 0.6) is 0 Å². The Labute approximate surface area is 66.6 Å². The normalized spacial score (nSPS) is 11.7. The van der Waals surface area contributed by atoms with Crippen molar-refractivity contribution in [3.63, 3.8) is 0 Å². The van der Waals surface area contributed by atoms with Gasteiger partial charge in [-0.15, -0.1) is 0 Å². The fourth-order valence-corrected chi connectivity index (χ4v) is 0.936. The highest BCUT2D eigenvalue weighted by atomic mass is 19.4. The largest absolute Gasteiger partial charge is 0.431 e. The number of aryl methyl sites for hydroxylation is 1. The number of rotatable bonds is 1. The molecule has 0 amide bonds. The van der Waals surface area contributed by atoms with E-state index in [-0.39, 0.29) is 5.56 Å². The van der Waals surface area contributed by atoms with Crippen molar-refractivity contribution in [2.75, 3.05) is 0 Å². The molecule has 0 radical (unpaired) electrons. The van der Waals surface area contributed by atoms with E-state index in [1.165, 1.54) is 7.05 Å². The van der Waals surface area contributed by atoms with Gasteiger partial charge in [0.1, 0.15) is 5.69 Å². The summed E-state index contributed by atoms with van der Waals surface area (Å²) in [4.78, 5) is 10.1. The first-order chi connectivity index (χ1) is 5.45. The molecule has 0 aliphatic heterocycles. The number of aromatic nitrogens is 1. The van der Waals surface area contributed by atoms with Crippen LogP contribution in [0.25, 0.3) is 0 Å². The van der Waals surface area contributed by atoms with Crippen molar-refractivity contribution in [1.82, 2.24) is 4.57 Å². The zero-order chi connectivity index (χ0) is 9.35. The van der Waals surface area contributed by atoms with Crippen LogP contribution in [0.2, 0.25) is 0 Å². The van der Waals surface area contributed by atoms with Gasteiger partial charge in [0, 0.05) is 18.8 Å². The highest BCUT2D eigenvalue weighted by molar-refractivity contribution is 5.74. The molecule has 0 unspecified atom stereocenters. The van der Waals surface area contributed by atoms with Gasteiger partial charge in [-0.25, -0.2) is 0 Å². The lowest BCUT2D eigenvalue weighted by Crippen LogP contribution is -2.09. The number of aldehydes is 1.